The smallest absolute Gasteiger partial charge is 0.262 e. The summed E-state index contributed by atoms with van der Waals surface area (Å²) in [5, 5.41) is 3.88. The molecule has 0 saturated heterocycles. The van der Waals surface area contributed by atoms with Crippen molar-refractivity contribution >= 4 is 22.5 Å². The van der Waals surface area contributed by atoms with E-state index in [0.29, 0.717) is 18.1 Å². The molecule has 0 fully saturated rings. The molecule has 1 aromatic heterocycles. The quantitative estimate of drug-likeness (QED) is 0.723. The number of anilines is 1. The number of amides is 1. The normalized spacial score (nSPS) is 10.6. The predicted molar refractivity (Wildman–Crippen MR) is 94.8 cm³/mol. The lowest BCUT2D eigenvalue weighted by Gasteiger charge is -2.12. The average molecular weight is 324 g/mol. The molecule has 0 aliphatic carbocycles. The third-order valence-electron chi connectivity index (χ3n) is 3.58. The number of rotatable bonds is 6. The lowest BCUT2D eigenvalue weighted by Crippen LogP contribution is -2.20. The molecule has 0 radical (unpaired) electrons. The summed E-state index contributed by atoms with van der Waals surface area (Å²) in [5.74, 6) is 0.981. The van der Waals surface area contributed by atoms with Gasteiger partial charge in [0.2, 0.25) is 0 Å². The highest BCUT2D eigenvalue weighted by atomic mass is 16.5. The fourth-order valence-electron chi connectivity index (χ4n) is 2.58. The lowest BCUT2D eigenvalue weighted by molar-refractivity contribution is -0.118. The largest absolute Gasteiger partial charge is 0.490 e. The number of nitrogens with one attached hydrogen (secondary N) is 2. The van der Waals surface area contributed by atoms with E-state index in [1.807, 2.05) is 56.3 Å². The minimum absolute atomic E-state index is 0.0795. The molecule has 0 saturated carbocycles. The van der Waals surface area contributed by atoms with Gasteiger partial charge in [0.25, 0.3) is 5.91 Å². The number of fused-ring (bicyclic) bond motifs is 1. The van der Waals surface area contributed by atoms with Crippen LogP contribution in [0.2, 0.25) is 0 Å². The first-order valence-corrected chi connectivity index (χ1v) is 7.90. The van der Waals surface area contributed by atoms with E-state index in [-0.39, 0.29) is 12.5 Å². The molecule has 0 spiro atoms. The molecule has 0 bridgehead atoms. The molecule has 1 amide bonds. The SMILES string of the molecule is CCOc1ccccc1OCC(=O)Nc1cccc2[nH]c(C)cc12. The van der Waals surface area contributed by atoms with Gasteiger partial charge in [0.1, 0.15) is 0 Å². The zero-order chi connectivity index (χ0) is 16.9. The Labute approximate surface area is 140 Å². The van der Waals surface area contributed by atoms with E-state index in [1.165, 1.54) is 0 Å². The van der Waals surface area contributed by atoms with Gasteiger partial charge < -0.3 is 19.8 Å². The Hall–Kier alpha value is -2.95. The minimum Gasteiger partial charge on any atom is -0.490 e. The van der Waals surface area contributed by atoms with Crippen LogP contribution in [-0.4, -0.2) is 24.1 Å². The van der Waals surface area contributed by atoms with E-state index in [9.17, 15) is 4.79 Å². The third kappa shape index (κ3) is 3.51. The van der Waals surface area contributed by atoms with Crippen molar-refractivity contribution < 1.29 is 14.3 Å². The van der Waals surface area contributed by atoms with Crippen molar-refractivity contribution in [1.82, 2.24) is 4.98 Å². The van der Waals surface area contributed by atoms with Crippen molar-refractivity contribution in [1.29, 1.82) is 0 Å². The second-order valence-corrected chi connectivity index (χ2v) is 5.44. The number of aromatic nitrogens is 1. The molecule has 3 aromatic rings. The van der Waals surface area contributed by atoms with Gasteiger partial charge in [-0.2, -0.15) is 0 Å². The number of H-pyrrole nitrogens is 1. The Kier molecular flexibility index (Phi) is 4.70. The molecule has 2 N–H and O–H groups in total. The van der Waals surface area contributed by atoms with Gasteiger partial charge in [-0.1, -0.05) is 18.2 Å². The van der Waals surface area contributed by atoms with Gasteiger partial charge in [-0.15, -0.1) is 0 Å². The summed E-state index contributed by atoms with van der Waals surface area (Å²) in [5.41, 5.74) is 2.81. The van der Waals surface area contributed by atoms with E-state index in [0.717, 1.165) is 22.3 Å². The number of para-hydroxylation sites is 2. The number of hydrogen-bond acceptors (Lipinski definition) is 3. The molecule has 0 atom stereocenters. The van der Waals surface area contributed by atoms with E-state index in [4.69, 9.17) is 9.47 Å². The van der Waals surface area contributed by atoms with Crippen LogP contribution in [0.3, 0.4) is 0 Å². The van der Waals surface area contributed by atoms with Crippen LogP contribution in [0.25, 0.3) is 10.9 Å². The van der Waals surface area contributed by atoms with Gasteiger partial charge in [0.05, 0.1) is 12.3 Å². The van der Waals surface area contributed by atoms with E-state index in [1.54, 1.807) is 6.07 Å². The summed E-state index contributed by atoms with van der Waals surface area (Å²) in [7, 11) is 0. The number of aryl methyl sites for hydroxylation is 1. The first kappa shape index (κ1) is 15.9. The van der Waals surface area contributed by atoms with Crippen LogP contribution in [0.5, 0.6) is 11.5 Å². The van der Waals surface area contributed by atoms with E-state index in [2.05, 4.69) is 10.3 Å². The number of ether oxygens (including phenoxy) is 2. The maximum Gasteiger partial charge on any atom is 0.262 e. The van der Waals surface area contributed by atoms with Gasteiger partial charge in [0.15, 0.2) is 18.1 Å². The van der Waals surface area contributed by atoms with Crippen LogP contribution in [0, 0.1) is 6.92 Å². The third-order valence-corrected chi connectivity index (χ3v) is 3.58. The Morgan fingerprint density at radius 1 is 1.08 bits per heavy atom. The van der Waals surface area contributed by atoms with Crippen LogP contribution in [0.15, 0.2) is 48.5 Å². The topological polar surface area (TPSA) is 63.4 Å². The number of hydrogen-bond donors (Lipinski definition) is 2. The summed E-state index contributed by atoms with van der Waals surface area (Å²) >= 11 is 0. The Morgan fingerprint density at radius 2 is 1.83 bits per heavy atom. The van der Waals surface area contributed by atoms with Crippen molar-refractivity contribution in [2.24, 2.45) is 0 Å². The molecule has 3 rings (SSSR count). The first-order chi connectivity index (χ1) is 11.7. The van der Waals surface area contributed by atoms with Crippen LogP contribution >= 0.6 is 0 Å². The summed E-state index contributed by atoms with van der Waals surface area (Å²) in [4.78, 5) is 15.5. The number of carbonyl (C=O) groups excluding carboxylic acids is 1. The molecule has 2 aromatic carbocycles. The van der Waals surface area contributed by atoms with Gasteiger partial charge in [-0.25, -0.2) is 0 Å². The average Bonchev–Trinajstić information content (AvgIpc) is 2.96. The highest BCUT2D eigenvalue weighted by Gasteiger charge is 2.10. The molecule has 5 heteroatoms. The van der Waals surface area contributed by atoms with Crippen molar-refractivity contribution in [3.8, 4) is 11.5 Å². The van der Waals surface area contributed by atoms with Crippen LogP contribution in [0.1, 0.15) is 12.6 Å². The van der Waals surface area contributed by atoms with Gasteiger partial charge >= 0.3 is 0 Å². The van der Waals surface area contributed by atoms with E-state index >= 15 is 0 Å². The Bertz CT molecular complexity index is 855. The molecular weight excluding hydrogens is 304 g/mol. The summed E-state index contributed by atoms with van der Waals surface area (Å²) in [6.07, 6.45) is 0. The zero-order valence-corrected chi connectivity index (χ0v) is 13.8. The molecule has 0 aliphatic rings. The van der Waals surface area contributed by atoms with Crippen molar-refractivity contribution in [2.75, 3.05) is 18.5 Å². The summed E-state index contributed by atoms with van der Waals surface area (Å²) in [6.45, 7) is 4.35. The standard InChI is InChI=1S/C19H20N2O3/c1-3-23-17-9-4-5-10-18(17)24-12-19(22)21-16-8-6-7-15-14(16)11-13(2)20-15/h4-11,20H,3,12H2,1-2H3,(H,21,22). The molecule has 0 unspecified atom stereocenters. The van der Waals surface area contributed by atoms with Crippen LogP contribution < -0.4 is 14.8 Å². The summed E-state index contributed by atoms with van der Waals surface area (Å²) < 4.78 is 11.1. The summed E-state index contributed by atoms with van der Waals surface area (Å²) in [6, 6.07) is 15.1. The molecule has 1 heterocycles. The lowest BCUT2D eigenvalue weighted by atomic mass is 10.2. The van der Waals surface area contributed by atoms with Gasteiger partial charge in [-0.3, -0.25) is 4.79 Å². The van der Waals surface area contributed by atoms with E-state index < -0.39 is 0 Å². The second-order valence-electron chi connectivity index (χ2n) is 5.44. The Balaban J connectivity index is 1.67. The fourth-order valence-corrected chi connectivity index (χ4v) is 2.58. The fraction of sp³-hybridized carbons (Fsp3) is 0.211. The molecule has 24 heavy (non-hydrogen) atoms. The zero-order valence-electron chi connectivity index (χ0n) is 13.8. The molecule has 0 aliphatic heterocycles. The Morgan fingerprint density at radius 3 is 2.58 bits per heavy atom. The predicted octanol–water partition coefficient (Wildman–Crippen LogP) is 3.89. The van der Waals surface area contributed by atoms with Gasteiger partial charge in [-0.05, 0) is 44.2 Å². The van der Waals surface area contributed by atoms with Crippen molar-refractivity contribution in [3.63, 3.8) is 0 Å². The van der Waals surface area contributed by atoms with Crippen molar-refractivity contribution in [3.05, 3.63) is 54.2 Å². The molecule has 124 valence electrons. The number of aromatic amines is 1. The van der Waals surface area contributed by atoms with Crippen molar-refractivity contribution in [2.45, 2.75) is 13.8 Å². The van der Waals surface area contributed by atoms with Crippen LogP contribution in [-0.2, 0) is 4.79 Å². The second kappa shape index (κ2) is 7.08. The first-order valence-electron chi connectivity index (χ1n) is 7.90. The maximum absolute atomic E-state index is 12.2. The van der Waals surface area contributed by atoms with Crippen LogP contribution in [0.4, 0.5) is 5.69 Å². The maximum atomic E-state index is 12.2. The highest BCUT2D eigenvalue weighted by Crippen LogP contribution is 2.27. The van der Waals surface area contributed by atoms with Gasteiger partial charge in [0, 0.05) is 16.6 Å². The number of carbonyl (C=O) groups is 1. The molecular formula is C19H20N2O3. The molecule has 5 nitrogen and oxygen atoms in total. The number of benzene rings is 2. The monoisotopic (exact) mass is 324 g/mol. The highest BCUT2D eigenvalue weighted by molar-refractivity contribution is 6.02. The minimum atomic E-state index is -0.215.